The summed E-state index contributed by atoms with van der Waals surface area (Å²) in [4.78, 5) is 0. The Labute approximate surface area is 153 Å². The first kappa shape index (κ1) is 15.0. The Kier molecular flexibility index (Phi) is 3.23. The van der Waals surface area contributed by atoms with Crippen LogP contribution < -0.4 is 0 Å². The van der Waals surface area contributed by atoms with Crippen LogP contribution in [0.1, 0.15) is 22.3 Å². The van der Waals surface area contributed by atoms with Gasteiger partial charge in [0.2, 0.25) is 0 Å². The predicted molar refractivity (Wildman–Crippen MR) is 105 cm³/mol. The van der Waals surface area contributed by atoms with Crippen molar-refractivity contribution in [3.8, 4) is 16.9 Å². The number of rotatable bonds is 2. The van der Waals surface area contributed by atoms with Gasteiger partial charge in [-0.3, -0.25) is 0 Å². The fourth-order valence-electron chi connectivity index (χ4n) is 4.43. The highest BCUT2D eigenvalue weighted by Gasteiger charge is 2.45. The van der Waals surface area contributed by atoms with E-state index in [9.17, 15) is 5.11 Å². The fraction of sp³-hybridized carbons (Fsp3) is 0.0400. The van der Waals surface area contributed by atoms with Crippen molar-refractivity contribution < 1.29 is 5.11 Å². The van der Waals surface area contributed by atoms with Gasteiger partial charge in [0.1, 0.15) is 5.75 Å². The summed E-state index contributed by atoms with van der Waals surface area (Å²) in [6.07, 6.45) is 0. The van der Waals surface area contributed by atoms with E-state index in [-0.39, 0.29) is 0 Å². The number of fused-ring (bicyclic) bond motifs is 3. The molecule has 26 heavy (non-hydrogen) atoms. The fourth-order valence-corrected chi connectivity index (χ4v) is 4.43. The maximum atomic E-state index is 10.3. The first-order chi connectivity index (χ1) is 12.8. The molecule has 0 radical (unpaired) electrons. The maximum absolute atomic E-state index is 10.3. The number of hydrogen-bond donors (Lipinski definition) is 1. The molecular formula is C25H18O. The third-order valence-electron chi connectivity index (χ3n) is 5.44. The first-order valence-corrected chi connectivity index (χ1v) is 8.86. The summed E-state index contributed by atoms with van der Waals surface area (Å²) in [6, 6.07) is 35.5. The van der Waals surface area contributed by atoms with Crippen LogP contribution >= 0.6 is 0 Å². The van der Waals surface area contributed by atoms with Crippen LogP contribution in [-0.4, -0.2) is 5.11 Å². The Morgan fingerprint density at radius 2 is 1.04 bits per heavy atom. The molecule has 1 aliphatic carbocycles. The SMILES string of the molecule is Oc1ccc2c(c1)C(c1ccccc1)(c1ccccc1)c1ccccc1-2. The second-order valence-corrected chi connectivity index (χ2v) is 6.76. The van der Waals surface area contributed by atoms with Crippen LogP contribution in [0.5, 0.6) is 5.75 Å². The molecule has 0 unspecified atom stereocenters. The predicted octanol–water partition coefficient (Wildman–Crippen LogP) is 5.76. The van der Waals surface area contributed by atoms with Gasteiger partial charge in [-0.15, -0.1) is 0 Å². The highest BCUT2D eigenvalue weighted by molar-refractivity contribution is 5.86. The average molecular weight is 334 g/mol. The van der Waals surface area contributed by atoms with E-state index in [2.05, 4.69) is 72.8 Å². The number of benzene rings is 4. The van der Waals surface area contributed by atoms with Gasteiger partial charge in [0, 0.05) is 0 Å². The lowest BCUT2D eigenvalue weighted by Gasteiger charge is -2.33. The van der Waals surface area contributed by atoms with Crippen LogP contribution in [0.2, 0.25) is 0 Å². The molecule has 0 aromatic heterocycles. The molecule has 0 heterocycles. The second kappa shape index (κ2) is 5.60. The van der Waals surface area contributed by atoms with E-state index < -0.39 is 5.41 Å². The zero-order valence-electron chi connectivity index (χ0n) is 14.3. The van der Waals surface area contributed by atoms with E-state index >= 15 is 0 Å². The topological polar surface area (TPSA) is 20.2 Å². The monoisotopic (exact) mass is 334 g/mol. The maximum Gasteiger partial charge on any atom is 0.115 e. The molecule has 1 heteroatoms. The van der Waals surface area contributed by atoms with Crippen LogP contribution in [-0.2, 0) is 5.41 Å². The standard InChI is InChI=1S/C25H18O/c26-20-15-16-22-21-13-7-8-14-23(21)25(24(22)17-20,18-9-3-1-4-10-18)19-11-5-2-6-12-19/h1-17,26H. The van der Waals surface area contributed by atoms with Gasteiger partial charge in [0.15, 0.2) is 0 Å². The van der Waals surface area contributed by atoms with Crippen molar-refractivity contribution in [1.82, 2.24) is 0 Å². The average Bonchev–Trinajstić information content (AvgIpc) is 3.00. The Bertz CT molecular complexity index is 1040. The van der Waals surface area contributed by atoms with Crippen molar-refractivity contribution >= 4 is 0 Å². The molecule has 0 atom stereocenters. The number of phenolic OH excluding ortho intramolecular Hbond substituents is 1. The summed E-state index contributed by atoms with van der Waals surface area (Å²) >= 11 is 0. The Balaban J connectivity index is 1.99. The van der Waals surface area contributed by atoms with E-state index in [0.717, 1.165) is 5.56 Å². The summed E-state index contributed by atoms with van der Waals surface area (Å²) in [6.45, 7) is 0. The van der Waals surface area contributed by atoms with Crippen LogP contribution in [0.3, 0.4) is 0 Å². The Morgan fingerprint density at radius 1 is 0.500 bits per heavy atom. The van der Waals surface area contributed by atoms with E-state index in [0.29, 0.717) is 5.75 Å². The lowest BCUT2D eigenvalue weighted by molar-refractivity contribution is 0.474. The molecule has 0 amide bonds. The lowest BCUT2D eigenvalue weighted by atomic mass is 9.68. The van der Waals surface area contributed by atoms with Crippen molar-refractivity contribution in [2.45, 2.75) is 5.41 Å². The van der Waals surface area contributed by atoms with Gasteiger partial charge < -0.3 is 5.11 Å². The van der Waals surface area contributed by atoms with Crippen LogP contribution in [0.4, 0.5) is 0 Å². The van der Waals surface area contributed by atoms with Gasteiger partial charge >= 0.3 is 0 Å². The summed E-state index contributed by atoms with van der Waals surface area (Å²) in [5.74, 6) is 0.299. The van der Waals surface area contributed by atoms with Crippen LogP contribution in [0.25, 0.3) is 11.1 Å². The molecule has 0 bridgehead atoms. The summed E-state index contributed by atoms with van der Waals surface area (Å²) in [5, 5.41) is 10.3. The van der Waals surface area contributed by atoms with E-state index in [1.165, 1.54) is 27.8 Å². The normalized spacial score (nSPS) is 13.8. The molecule has 1 aliphatic rings. The molecule has 0 spiro atoms. The third kappa shape index (κ3) is 1.91. The molecule has 4 aromatic carbocycles. The minimum atomic E-state index is -0.423. The minimum absolute atomic E-state index is 0.299. The molecule has 124 valence electrons. The minimum Gasteiger partial charge on any atom is -0.508 e. The van der Waals surface area contributed by atoms with Gasteiger partial charge in [-0.25, -0.2) is 0 Å². The Hall–Kier alpha value is -3.32. The van der Waals surface area contributed by atoms with Crippen molar-refractivity contribution in [1.29, 1.82) is 0 Å². The lowest BCUT2D eigenvalue weighted by Crippen LogP contribution is -2.28. The smallest absolute Gasteiger partial charge is 0.115 e. The second-order valence-electron chi connectivity index (χ2n) is 6.76. The van der Waals surface area contributed by atoms with Crippen molar-refractivity contribution in [3.05, 3.63) is 125 Å². The van der Waals surface area contributed by atoms with Gasteiger partial charge in [-0.2, -0.15) is 0 Å². The highest BCUT2D eigenvalue weighted by atomic mass is 16.3. The molecule has 5 rings (SSSR count). The van der Waals surface area contributed by atoms with E-state index in [1.54, 1.807) is 6.07 Å². The summed E-state index contributed by atoms with van der Waals surface area (Å²) in [5.41, 5.74) is 6.81. The zero-order valence-corrected chi connectivity index (χ0v) is 14.3. The van der Waals surface area contributed by atoms with Gasteiger partial charge in [-0.05, 0) is 45.5 Å². The summed E-state index contributed by atoms with van der Waals surface area (Å²) in [7, 11) is 0. The van der Waals surface area contributed by atoms with Gasteiger partial charge in [0.05, 0.1) is 5.41 Å². The third-order valence-corrected chi connectivity index (χ3v) is 5.44. The van der Waals surface area contributed by atoms with Crippen molar-refractivity contribution in [2.24, 2.45) is 0 Å². The van der Waals surface area contributed by atoms with E-state index in [1.807, 2.05) is 24.3 Å². The van der Waals surface area contributed by atoms with Crippen molar-refractivity contribution in [2.75, 3.05) is 0 Å². The largest absolute Gasteiger partial charge is 0.508 e. The molecule has 0 fully saturated rings. The molecular weight excluding hydrogens is 316 g/mol. The molecule has 4 aromatic rings. The van der Waals surface area contributed by atoms with Crippen molar-refractivity contribution in [3.63, 3.8) is 0 Å². The highest BCUT2D eigenvalue weighted by Crippen LogP contribution is 2.56. The number of phenols is 1. The number of hydrogen-bond acceptors (Lipinski definition) is 1. The summed E-state index contributed by atoms with van der Waals surface area (Å²) < 4.78 is 0. The molecule has 0 aliphatic heterocycles. The van der Waals surface area contributed by atoms with Gasteiger partial charge in [0.25, 0.3) is 0 Å². The van der Waals surface area contributed by atoms with Crippen LogP contribution in [0.15, 0.2) is 103 Å². The molecule has 1 N–H and O–H groups in total. The molecule has 0 saturated carbocycles. The Morgan fingerprint density at radius 3 is 1.69 bits per heavy atom. The quantitative estimate of drug-likeness (QED) is 0.435. The van der Waals surface area contributed by atoms with Crippen LogP contribution in [0, 0.1) is 0 Å². The first-order valence-electron chi connectivity index (χ1n) is 8.86. The molecule has 0 saturated heterocycles. The van der Waals surface area contributed by atoms with Gasteiger partial charge in [-0.1, -0.05) is 91.0 Å². The molecule has 1 nitrogen and oxygen atoms in total. The zero-order chi connectivity index (χ0) is 17.6. The number of aromatic hydroxyl groups is 1. The van der Waals surface area contributed by atoms with E-state index in [4.69, 9.17) is 0 Å².